The number of hydrogen-bond donors (Lipinski definition) is 1. The van der Waals surface area contributed by atoms with Crippen LogP contribution in [0.25, 0.3) is 0 Å². The van der Waals surface area contributed by atoms with Gasteiger partial charge in [0.15, 0.2) is 0 Å². The van der Waals surface area contributed by atoms with Crippen LogP contribution in [0.15, 0.2) is 83.8 Å². The molecule has 0 radical (unpaired) electrons. The Kier molecular flexibility index (Phi) is 11.4. The fraction of sp³-hybridized carbons (Fsp3) is 0.333. The van der Waals surface area contributed by atoms with Gasteiger partial charge in [-0.25, -0.2) is 8.42 Å². The second-order valence-electron chi connectivity index (χ2n) is 9.52. The first-order valence-electron chi connectivity index (χ1n) is 13.2. The molecule has 0 bridgehead atoms. The molecule has 1 N–H and O–H groups in total. The maximum Gasteiger partial charge on any atom is 0.264 e. The normalized spacial score (nSPS) is 12.8. The van der Waals surface area contributed by atoms with Crippen molar-refractivity contribution in [3.8, 4) is 0 Å². The van der Waals surface area contributed by atoms with Gasteiger partial charge in [-0.15, -0.1) is 0 Å². The van der Waals surface area contributed by atoms with Crippen LogP contribution in [0.2, 0.25) is 10.0 Å². The highest BCUT2D eigenvalue weighted by Gasteiger charge is 2.34. The van der Waals surface area contributed by atoms with Crippen molar-refractivity contribution in [1.82, 2.24) is 10.2 Å². The summed E-state index contributed by atoms with van der Waals surface area (Å²) in [7, 11) is -4.19. The Labute approximate surface area is 247 Å². The zero-order valence-electron chi connectivity index (χ0n) is 22.9. The second kappa shape index (κ2) is 14.5. The zero-order chi connectivity index (χ0) is 29.3. The number of halogens is 2. The molecule has 7 nitrogen and oxygen atoms in total. The Morgan fingerprint density at radius 3 is 2.00 bits per heavy atom. The van der Waals surface area contributed by atoms with E-state index < -0.39 is 28.5 Å². The van der Waals surface area contributed by atoms with Crippen molar-refractivity contribution in [2.75, 3.05) is 17.4 Å². The molecule has 3 rings (SSSR count). The summed E-state index contributed by atoms with van der Waals surface area (Å²) >= 11 is 12.5. The molecule has 0 unspecified atom stereocenters. The minimum Gasteiger partial charge on any atom is -0.352 e. The standard InChI is InChI=1S/C30H35Cl2N3O4S/c1-4-22(3)33-30(37)28(5-2)34(17-16-23-12-8-6-9-13-23)29(36)21-35(26-19-24(31)18-25(32)20-26)40(38,39)27-14-10-7-11-15-27/h6-15,18-20,22,28H,4-5,16-17,21H2,1-3H3,(H,33,37)/t22-,28-/m1/s1. The van der Waals surface area contributed by atoms with Gasteiger partial charge >= 0.3 is 0 Å². The molecule has 0 saturated heterocycles. The van der Waals surface area contributed by atoms with Crippen molar-refractivity contribution in [1.29, 1.82) is 0 Å². The first-order valence-corrected chi connectivity index (χ1v) is 15.4. The Morgan fingerprint density at radius 1 is 0.875 bits per heavy atom. The quantitative estimate of drug-likeness (QED) is 0.261. The fourth-order valence-corrected chi connectivity index (χ4v) is 6.20. The predicted molar refractivity (Wildman–Crippen MR) is 161 cm³/mol. The van der Waals surface area contributed by atoms with E-state index in [0.717, 1.165) is 16.3 Å². The molecule has 0 aliphatic heterocycles. The van der Waals surface area contributed by atoms with Gasteiger partial charge in [-0.05, 0) is 62.1 Å². The molecule has 0 aromatic heterocycles. The molecule has 0 fully saturated rings. The fourth-order valence-electron chi connectivity index (χ4n) is 4.27. The van der Waals surface area contributed by atoms with Crippen LogP contribution in [0.3, 0.4) is 0 Å². The van der Waals surface area contributed by atoms with Gasteiger partial charge in [0.25, 0.3) is 10.0 Å². The van der Waals surface area contributed by atoms with E-state index in [9.17, 15) is 18.0 Å². The third-order valence-corrected chi connectivity index (χ3v) is 8.84. The Morgan fingerprint density at radius 2 is 1.45 bits per heavy atom. The van der Waals surface area contributed by atoms with Crippen LogP contribution < -0.4 is 9.62 Å². The van der Waals surface area contributed by atoms with Crippen molar-refractivity contribution in [2.45, 2.75) is 57.0 Å². The third-order valence-electron chi connectivity index (χ3n) is 6.62. The van der Waals surface area contributed by atoms with Gasteiger partial charge < -0.3 is 10.2 Å². The highest BCUT2D eigenvalue weighted by molar-refractivity contribution is 7.92. The van der Waals surface area contributed by atoms with Gasteiger partial charge in [0.05, 0.1) is 10.6 Å². The summed E-state index contributed by atoms with van der Waals surface area (Å²) in [6, 6.07) is 21.0. The Balaban J connectivity index is 2.03. The van der Waals surface area contributed by atoms with Crippen molar-refractivity contribution in [3.05, 3.63) is 94.5 Å². The van der Waals surface area contributed by atoms with Gasteiger partial charge in [-0.2, -0.15) is 0 Å². The van der Waals surface area contributed by atoms with E-state index in [2.05, 4.69) is 5.32 Å². The van der Waals surface area contributed by atoms with Crippen molar-refractivity contribution >= 4 is 50.7 Å². The van der Waals surface area contributed by atoms with Crippen molar-refractivity contribution in [2.24, 2.45) is 0 Å². The minimum absolute atomic E-state index is 0.0105. The number of nitrogens with one attached hydrogen (secondary N) is 1. The lowest BCUT2D eigenvalue weighted by Gasteiger charge is -2.33. The van der Waals surface area contributed by atoms with Crippen LogP contribution in [-0.4, -0.2) is 50.3 Å². The van der Waals surface area contributed by atoms with Crippen LogP contribution in [0, 0.1) is 0 Å². The summed E-state index contributed by atoms with van der Waals surface area (Å²) in [6.45, 7) is 5.38. The molecular formula is C30H35Cl2N3O4S. The maximum atomic E-state index is 14.0. The highest BCUT2D eigenvalue weighted by Crippen LogP contribution is 2.30. The summed E-state index contributed by atoms with van der Waals surface area (Å²) in [5, 5.41) is 3.42. The molecule has 0 spiro atoms. The topological polar surface area (TPSA) is 86.8 Å². The Hall–Kier alpha value is -3.07. The van der Waals surface area contributed by atoms with Crippen molar-refractivity contribution in [3.63, 3.8) is 0 Å². The number of carbonyl (C=O) groups is 2. The molecule has 3 aromatic carbocycles. The molecule has 0 heterocycles. The molecule has 0 saturated carbocycles. The van der Waals surface area contributed by atoms with Gasteiger partial charge in [-0.1, -0.05) is 85.6 Å². The summed E-state index contributed by atoms with van der Waals surface area (Å²) in [5.74, 6) is -0.792. The molecule has 10 heteroatoms. The molecular weight excluding hydrogens is 569 g/mol. The number of benzene rings is 3. The highest BCUT2D eigenvalue weighted by atomic mass is 35.5. The number of rotatable bonds is 13. The van der Waals surface area contributed by atoms with Gasteiger partial charge in [0.1, 0.15) is 12.6 Å². The lowest BCUT2D eigenvalue weighted by atomic mass is 10.1. The van der Waals surface area contributed by atoms with E-state index in [1.807, 2.05) is 51.1 Å². The first-order chi connectivity index (χ1) is 19.1. The van der Waals surface area contributed by atoms with Gasteiger partial charge in [0.2, 0.25) is 11.8 Å². The zero-order valence-corrected chi connectivity index (χ0v) is 25.2. The molecule has 0 aliphatic carbocycles. The molecule has 2 atom stereocenters. The van der Waals surface area contributed by atoms with Crippen LogP contribution in [0.1, 0.15) is 39.2 Å². The lowest BCUT2D eigenvalue weighted by Crippen LogP contribution is -2.54. The predicted octanol–water partition coefficient (Wildman–Crippen LogP) is 5.95. The molecule has 0 aliphatic rings. The minimum atomic E-state index is -4.19. The van der Waals surface area contributed by atoms with E-state index in [1.165, 1.54) is 35.2 Å². The van der Waals surface area contributed by atoms with Gasteiger partial charge in [0, 0.05) is 22.6 Å². The van der Waals surface area contributed by atoms with Crippen LogP contribution >= 0.6 is 23.2 Å². The molecule has 40 heavy (non-hydrogen) atoms. The van der Waals surface area contributed by atoms with Crippen LogP contribution in [-0.2, 0) is 26.0 Å². The number of anilines is 1. The number of hydrogen-bond acceptors (Lipinski definition) is 4. The van der Waals surface area contributed by atoms with E-state index in [0.29, 0.717) is 12.8 Å². The van der Waals surface area contributed by atoms with Gasteiger partial charge in [-0.3, -0.25) is 13.9 Å². The number of nitrogens with zero attached hydrogens (tertiary/aromatic N) is 2. The lowest BCUT2D eigenvalue weighted by molar-refractivity contribution is -0.139. The van der Waals surface area contributed by atoms with Crippen molar-refractivity contribution < 1.29 is 18.0 Å². The van der Waals surface area contributed by atoms with E-state index in [4.69, 9.17) is 23.2 Å². The average Bonchev–Trinajstić information content (AvgIpc) is 2.94. The second-order valence-corrected chi connectivity index (χ2v) is 12.3. The smallest absolute Gasteiger partial charge is 0.264 e. The summed E-state index contributed by atoms with van der Waals surface area (Å²) in [4.78, 5) is 28.8. The Bertz CT molecular complexity index is 1370. The largest absolute Gasteiger partial charge is 0.352 e. The third kappa shape index (κ3) is 8.22. The summed E-state index contributed by atoms with van der Waals surface area (Å²) in [6.07, 6.45) is 1.59. The number of sulfonamides is 1. The summed E-state index contributed by atoms with van der Waals surface area (Å²) < 4.78 is 28.7. The molecule has 3 aromatic rings. The van der Waals surface area contributed by atoms with E-state index in [1.54, 1.807) is 18.2 Å². The average molecular weight is 605 g/mol. The molecule has 214 valence electrons. The monoisotopic (exact) mass is 603 g/mol. The molecule has 2 amide bonds. The maximum absolute atomic E-state index is 14.0. The van der Waals surface area contributed by atoms with E-state index in [-0.39, 0.29) is 39.1 Å². The first kappa shape index (κ1) is 31.5. The van der Waals surface area contributed by atoms with Crippen LogP contribution in [0.4, 0.5) is 5.69 Å². The van der Waals surface area contributed by atoms with Crippen LogP contribution in [0.5, 0.6) is 0 Å². The number of carbonyl (C=O) groups excluding carboxylic acids is 2. The summed E-state index contributed by atoms with van der Waals surface area (Å²) in [5.41, 5.74) is 1.14. The van der Waals surface area contributed by atoms with E-state index >= 15 is 0 Å². The SMILES string of the molecule is CC[C@@H](C)NC(=O)[C@@H](CC)N(CCc1ccccc1)C(=O)CN(c1cc(Cl)cc(Cl)c1)S(=O)(=O)c1ccccc1. The number of amides is 2.